The van der Waals surface area contributed by atoms with Crippen molar-refractivity contribution in [2.75, 3.05) is 54.1 Å². The summed E-state index contributed by atoms with van der Waals surface area (Å²) in [6.07, 6.45) is 47.4. The van der Waals surface area contributed by atoms with Crippen LogP contribution in [0.15, 0.2) is 36.5 Å². The van der Waals surface area contributed by atoms with Crippen molar-refractivity contribution in [2.45, 2.75) is 206 Å². The van der Waals surface area contributed by atoms with Crippen molar-refractivity contribution in [1.82, 2.24) is 0 Å². The molecule has 0 rings (SSSR count). The Labute approximate surface area is 346 Å². The third-order valence-electron chi connectivity index (χ3n) is 9.92. The molecule has 0 saturated carbocycles. The van der Waals surface area contributed by atoms with Crippen molar-refractivity contribution in [3.8, 4) is 0 Å². The summed E-state index contributed by atoms with van der Waals surface area (Å²) in [6.45, 7) is 5.58. The first-order chi connectivity index (χ1) is 27.1. The molecule has 0 aromatic heterocycles. The Morgan fingerprint density at radius 2 is 0.982 bits per heavy atom. The molecule has 0 aromatic carbocycles. The van der Waals surface area contributed by atoms with E-state index in [-0.39, 0.29) is 25.8 Å². The van der Waals surface area contributed by atoms with Crippen LogP contribution in [0.1, 0.15) is 200 Å². The number of esters is 1. The molecular formula is C47H91NO7P+. The Balaban J connectivity index is 4.22. The number of likely N-dealkylation sites (N-methyl/N-ethyl adjacent to an activating group) is 1. The summed E-state index contributed by atoms with van der Waals surface area (Å²) in [4.78, 5) is 22.9. The summed E-state index contributed by atoms with van der Waals surface area (Å²) in [7, 11) is 1.66. The van der Waals surface area contributed by atoms with Gasteiger partial charge in [-0.2, -0.15) is 0 Å². The zero-order chi connectivity index (χ0) is 41.3. The van der Waals surface area contributed by atoms with Gasteiger partial charge in [0.15, 0.2) is 0 Å². The van der Waals surface area contributed by atoms with Gasteiger partial charge in [0.2, 0.25) is 0 Å². The number of hydrogen-bond donors (Lipinski definition) is 1. The van der Waals surface area contributed by atoms with Gasteiger partial charge >= 0.3 is 13.8 Å². The molecule has 0 amide bonds. The molecule has 0 saturated heterocycles. The molecule has 9 heteroatoms. The van der Waals surface area contributed by atoms with Crippen molar-refractivity contribution in [2.24, 2.45) is 0 Å². The van der Waals surface area contributed by atoms with Gasteiger partial charge in [-0.25, -0.2) is 4.57 Å². The van der Waals surface area contributed by atoms with E-state index >= 15 is 0 Å². The van der Waals surface area contributed by atoms with E-state index in [0.717, 1.165) is 44.9 Å². The number of hydrogen-bond acceptors (Lipinski definition) is 6. The van der Waals surface area contributed by atoms with Crippen LogP contribution in [0, 0.1) is 0 Å². The number of carbonyl (C=O) groups is 1. The van der Waals surface area contributed by atoms with Crippen LogP contribution in [-0.4, -0.2) is 75.6 Å². The molecule has 0 radical (unpaired) electrons. The summed E-state index contributed by atoms with van der Waals surface area (Å²) >= 11 is 0. The lowest BCUT2D eigenvalue weighted by Gasteiger charge is -2.24. The van der Waals surface area contributed by atoms with Gasteiger partial charge in [-0.3, -0.25) is 13.8 Å². The standard InChI is InChI=1S/C47H90NO7P/c1-6-8-10-12-14-16-18-20-22-24-25-26-28-30-32-34-36-38-40-47(49)55-46(45-54-56(50,51)53-43-41-48(3,4)5)44-52-42-39-37-35-33-31-29-27-23-21-19-17-15-13-11-9-7-2/h15,17,21-24,46H,6-14,16,18-20,25-45H2,1-5H3/p+1/b17-15-,23-21-,24-22-. The van der Waals surface area contributed by atoms with Crippen molar-refractivity contribution in [3.05, 3.63) is 36.5 Å². The smallest absolute Gasteiger partial charge is 0.457 e. The molecule has 0 aliphatic carbocycles. The van der Waals surface area contributed by atoms with Crippen LogP contribution in [0.3, 0.4) is 0 Å². The minimum atomic E-state index is -4.28. The van der Waals surface area contributed by atoms with Crippen molar-refractivity contribution in [3.63, 3.8) is 0 Å². The molecule has 8 nitrogen and oxygen atoms in total. The summed E-state index contributed by atoms with van der Waals surface area (Å²) in [5, 5.41) is 0. The molecule has 56 heavy (non-hydrogen) atoms. The number of phosphoric ester groups is 1. The van der Waals surface area contributed by atoms with Crippen molar-refractivity contribution in [1.29, 1.82) is 0 Å². The van der Waals surface area contributed by atoms with Crippen molar-refractivity contribution >= 4 is 13.8 Å². The van der Waals surface area contributed by atoms with E-state index in [4.69, 9.17) is 18.5 Å². The molecular weight excluding hydrogens is 721 g/mol. The Morgan fingerprint density at radius 1 is 0.554 bits per heavy atom. The molecule has 0 aliphatic rings. The number of unbranched alkanes of at least 4 members (excludes halogenated alkanes) is 23. The van der Waals surface area contributed by atoms with E-state index in [9.17, 15) is 14.3 Å². The summed E-state index contributed by atoms with van der Waals surface area (Å²) < 4.78 is 35.0. The van der Waals surface area contributed by atoms with Gasteiger partial charge in [-0.05, 0) is 70.6 Å². The zero-order valence-corrected chi connectivity index (χ0v) is 38.3. The first-order valence-electron chi connectivity index (χ1n) is 23.2. The molecule has 2 atom stereocenters. The highest BCUT2D eigenvalue weighted by molar-refractivity contribution is 7.47. The van der Waals surface area contributed by atoms with Crippen LogP contribution in [0.25, 0.3) is 0 Å². The number of nitrogens with zero attached hydrogens (tertiary/aromatic N) is 1. The highest BCUT2D eigenvalue weighted by atomic mass is 31.2. The Bertz CT molecular complexity index is 994. The van der Waals surface area contributed by atoms with Crippen LogP contribution in [0.5, 0.6) is 0 Å². The SMILES string of the molecule is CCCCC/C=C\C/C=C\CCCCCCCCOCC(COP(=O)(O)OCC[N+](C)(C)C)OC(=O)CCCCCCCCC/C=C\CCCCCCCCC. The first kappa shape index (κ1) is 54.7. The molecule has 2 unspecified atom stereocenters. The topological polar surface area (TPSA) is 91.3 Å². The second-order valence-electron chi connectivity index (χ2n) is 16.8. The molecule has 0 aliphatic heterocycles. The van der Waals surface area contributed by atoms with Gasteiger partial charge in [0, 0.05) is 13.0 Å². The summed E-state index contributed by atoms with van der Waals surface area (Å²) in [6, 6.07) is 0. The lowest BCUT2D eigenvalue weighted by Crippen LogP contribution is -2.37. The maximum atomic E-state index is 12.7. The number of rotatable bonds is 43. The number of carbonyl (C=O) groups excluding carboxylic acids is 1. The lowest BCUT2D eigenvalue weighted by molar-refractivity contribution is -0.870. The second-order valence-corrected chi connectivity index (χ2v) is 18.2. The third kappa shape index (κ3) is 43.8. The Kier molecular flexibility index (Phi) is 39.6. The fourth-order valence-corrected chi connectivity index (χ4v) is 7.02. The predicted octanol–water partition coefficient (Wildman–Crippen LogP) is 13.8. The van der Waals surface area contributed by atoms with Crippen LogP contribution in [0.2, 0.25) is 0 Å². The molecule has 0 spiro atoms. The average Bonchev–Trinajstić information content (AvgIpc) is 3.15. The van der Waals surface area contributed by atoms with Crippen molar-refractivity contribution < 1.29 is 37.3 Å². The number of quaternary nitrogens is 1. The maximum absolute atomic E-state index is 12.7. The molecule has 0 fully saturated rings. The molecule has 1 N–H and O–H groups in total. The fourth-order valence-electron chi connectivity index (χ4n) is 6.28. The highest BCUT2D eigenvalue weighted by Crippen LogP contribution is 2.43. The van der Waals surface area contributed by atoms with E-state index in [2.05, 4.69) is 50.3 Å². The lowest BCUT2D eigenvalue weighted by atomic mass is 10.1. The minimum absolute atomic E-state index is 0.0855. The number of phosphoric acid groups is 1. The quantitative estimate of drug-likeness (QED) is 0.0215. The zero-order valence-electron chi connectivity index (χ0n) is 37.4. The second kappa shape index (κ2) is 40.5. The molecule has 0 heterocycles. The summed E-state index contributed by atoms with van der Waals surface area (Å²) in [5.41, 5.74) is 0. The van der Waals surface area contributed by atoms with Crippen LogP contribution >= 0.6 is 7.82 Å². The van der Waals surface area contributed by atoms with E-state index < -0.39 is 13.9 Å². The first-order valence-corrected chi connectivity index (χ1v) is 24.7. The average molecular weight is 813 g/mol. The minimum Gasteiger partial charge on any atom is -0.457 e. The predicted molar refractivity (Wildman–Crippen MR) is 238 cm³/mol. The van der Waals surface area contributed by atoms with Gasteiger partial charge < -0.3 is 18.9 Å². The maximum Gasteiger partial charge on any atom is 0.472 e. The molecule has 330 valence electrons. The van der Waals surface area contributed by atoms with E-state index in [1.165, 1.54) is 135 Å². The van der Waals surface area contributed by atoms with Crippen LogP contribution in [0.4, 0.5) is 0 Å². The summed E-state index contributed by atoms with van der Waals surface area (Å²) in [5.74, 6) is -0.321. The van der Waals surface area contributed by atoms with Crippen LogP contribution in [-0.2, 0) is 27.9 Å². The van der Waals surface area contributed by atoms with Gasteiger partial charge in [0.25, 0.3) is 0 Å². The Morgan fingerprint density at radius 3 is 1.50 bits per heavy atom. The molecule has 0 bridgehead atoms. The highest BCUT2D eigenvalue weighted by Gasteiger charge is 2.26. The monoisotopic (exact) mass is 813 g/mol. The van der Waals surface area contributed by atoms with Gasteiger partial charge in [0.05, 0.1) is 34.4 Å². The molecule has 0 aromatic rings. The van der Waals surface area contributed by atoms with E-state index in [1.54, 1.807) is 0 Å². The van der Waals surface area contributed by atoms with E-state index in [1.807, 2.05) is 21.1 Å². The van der Waals surface area contributed by atoms with E-state index in [0.29, 0.717) is 24.1 Å². The number of allylic oxidation sites excluding steroid dienone is 6. The fraction of sp³-hybridized carbons (Fsp3) is 0.851. The number of ether oxygens (including phenoxy) is 2. The largest absolute Gasteiger partial charge is 0.472 e. The van der Waals surface area contributed by atoms with Gasteiger partial charge in [-0.1, -0.05) is 159 Å². The van der Waals surface area contributed by atoms with Gasteiger partial charge in [-0.15, -0.1) is 0 Å². The normalized spacial score (nSPS) is 14.0. The Hall–Kier alpha value is -1.28. The van der Waals surface area contributed by atoms with Gasteiger partial charge in [0.1, 0.15) is 19.3 Å². The van der Waals surface area contributed by atoms with Crippen LogP contribution < -0.4 is 0 Å². The third-order valence-corrected chi connectivity index (χ3v) is 10.9.